The first kappa shape index (κ1) is 12.4. The molecular formula is C11H16ClFN2. The molecule has 0 fully saturated rings. The maximum Gasteiger partial charge on any atom is 0.128 e. The van der Waals surface area contributed by atoms with Crippen LogP contribution < -0.4 is 11.3 Å². The van der Waals surface area contributed by atoms with Crippen LogP contribution in [0.4, 0.5) is 4.39 Å². The molecule has 2 unspecified atom stereocenters. The highest BCUT2D eigenvalue weighted by molar-refractivity contribution is 6.30. The molecule has 0 aliphatic heterocycles. The highest BCUT2D eigenvalue weighted by atomic mass is 35.5. The molecule has 0 heterocycles. The van der Waals surface area contributed by atoms with Crippen molar-refractivity contribution in [3.05, 3.63) is 34.6 Å². The zero-order chi connectivity index (χ0) is 11.4. The second-order valence-corrected chi connectivity index (χ2v) is 4.13. The molecule has 84 valence electrons. The van der Waals surface area contributed by atoms with Crippen molar-refractivity contribution in [2.24, 2.45) is 11.8 Å². The Labute approximate surface area is 94.6 Å². The molecule has 0 aliphatic carbocycles. The predicted molar refractivity (Wildman–Crippen MR) is 60.9 cm³/mol. The van der Waals surface area contributed by atoms with Crippen LogP contribution >= 0.6 is 11.6 Å². The monoisotopic (exact) mass is 230 g/mol. The minimum atomic E-state index is -0.275. The van der Waals surface area contributed by atoms with Gasteiger partial charge < -0.3 is 0 Å². The van der Waals surface area contributed by atoms with Crippen LogP contribution in [0.15, 0.2) is 18.2 Å². The average Bonchev–Trinajstić information content (AvgIpc) is 2.23. The van der Waals surface area contributed by atoms with E-state index in [1.807, 2.05) is 13.8 Å². The van der Waals surface area contributed by atoms with Gasteiger partial charge >= 0.3 is 0 Å². The van der Waals surface area contributed by atoms with Crippen LogP contribution in [0.5, 0.6) is 0 Å². The first-order valence-electron chi connectivity index (χ1n) is 5.01. The summed E-state index contributed by atoms with van der Waals surface area (Å²) in [5, 5.41) is 0.523. The van der Waals surface area contributed by atoms with Gasteiger partial charge in [0.1, 0.15) is 5.82 Å². The Bertz CT molecular complexity index is 330. The lowest BCUT2D eigenvalue weighted by Crippen LogP contribution is -2.33. The number of halogens is 2. The van der Waals surface area contributed by atoms with E-state index in [-0.39, 0.29) is 17.8 Å². The Morgan fingerprint density at radius 3 is 2.73 bits per heavy atom. The van der Waals surface area contributed by atoms with Crippen molar-refractivity contribution in [1.29, 1.82) is 0 Å². The molecule has 1 aromatic rings. The smallest absolute Gasteiger partial charge is 0.128 e. The Kier molecular flexibility index (Phi) is 4.51. The van der Waals surface area contributed by atoms with E-state index in [0.717, 1.165) is 6.42 Å². The summed E-state index contributed by atoms with van der Waals surface area (Å²) < 4.78 is 13.5. The number of hydrogen-bond donors (Lipinski definition) is 2. The number of nitrogens with one attached hydrogen (secondary N) is 1. The summed E-state index contributed by atoms with van der Waals surface area (Å²) in [7, 11) is 0. The first-order chi connectivity index (χ1) is 7.10. The van der Waals surface area contributed by atoms with Crippen LogP contribution in [-0.4, -0.2) is 0 Å². The molecule has 1 aromatic carbocycles. The second kappa shape index (κ2) is 5.45. The molecule has 15 heavy (non-hydrogen) atoms. The summed E-state index contributed by atoms with van der Waals surface area (Å²) in [6, 6.07) is 4.32. The molecule has 0 aliphatic rings. The molecule has 0 saturated heterocycles. The van der Waals surface area contributed by atoms with Crippen molar-refractivity contribution in [1.82, 2.24) is 5.43 Å². The van der Waals surface area contributed by atoms with Gasteiger partial charge in [-0.05, 0) is 24.1 Å². The molecule has 0 spiro atoms. The number of benzene rings is 1. The number of nitrogens with two attached hydrogens (primary N) is 1. The molecule has 0 bridgehead atoms. The molecule has 3 N–H and O–H groups in total. The minimum absolute atomic E-state index is 0.200. The van der Waals surface area contributed by atoms with E-state index in [2.05, 4.69) is 5.43 Å². The van der Waals surface area contributed by atoms with Crippen molar-refractivity contribution >= 4 is 11.6 Å². The highest BCUT2D eigenvalue weighted by Crippen LogP contribution is 2.27. The van der Waals surface area contributed by atoms with Crippen molar-refractivity contribution in [2.45, 2.75) is 26.3 Å². The van der Waals surface area contributed by atoms with Crippen molar-refractivity contribution in [3.8, 4) is 0 Å². The zero-order valence-electron chi connectivity index (χ0n) is 8.93. The van der Waals surface area contributed by atoms with Gasteiger partial charge in [0.2, 0.25) is 0 Å². The van der Waals surface area contributed by atoms with Crippen LogP contribution in [0, 0.1) is 11.7 Å². The van der Waals surface area contributed by atoms with E-state index in [9.17, 15) is 4.39 Å². The SMILES string of the molecule is CCC(C)C(NN)c1cc(Cl)ccc1F. The molecule has 0 saturated carbocycles. The Hall–Kier alpha value is -0.640. The molecule has 0 amide bonds. The fraction of sp³-hybridized carbons (Fsp3) is 0.455. The summed E-state index contributed by atoms with van der Waals surface area (Å²) in [5.74, 6) is 5.42. The highest BCUT2D eigenvalue weighted by Gasteiger charge is 2.19. The second-order valence-electron chi connectivity index (χ2n) is 3.70. The average molecular weight is 231 g/mol. The molecule has 0 aromatic heterocycles. The first-order valence-corrected chi connectivity index (χ1v) is 5.39. The van der Waals surface area contributed by atoms with Crippen LogP contribution in [0.25, 0.3) is 0 Å². The quantitative estimate of drug-likeness (QED) is 0.617. The van der Waals surface area contributed by atoms with Crippen molar-refractivity contribution in [2.75, 3.05) is 0 Å². The third-order valence-electron chi connectivity index (χ3n) is 2.69. The van der Waals surface area contributed by atoms with Gasteiger partial charge in [0, 0.05) is 10.6 Å². The third kappa shape index (κ3) is 2.91. The normalized spacial score (nSPS) is 15.0. The number of hydrogen-bond acceptors (Lipinski definition) is 2. The van der Waals surface area contributed by atoms with E-state index in [1.165, 1.54) is 12.1 Å². The maximum atomic E-state index is 13.5. The van der Waals surface area contributed by atoms with Crippen LogP contribution in [0.2, 0.25) is 5.02 Å². The van der Waals surface area contributed by atoms with E-state index >= 15 is 0 Å². The molecule has 2 nitrogen and oxygen atoms in total. The van der Waals surface area contributed by atoms with E-state index < -0.39 is 0 Å². The molecular weight excluding hydrogens is 215 g/mol. The summed E-state index contributed by atoms with van der Waals surface area (Å²) in [6.45, 7) is 4.06. The summed E-state index contributed by atoms with van der Waals surface area (Å²) in [6.07, 6.45) is 0.917. The standard InChI is InChI=1S/C11H16ClFN2/c1-3-7(2)11(15-14)9-6-8(12)4-5-10(9)13/h4-7,11,15H,3,14H2,1-2H3. The van der Waals surface area contributed by atoms with E-state index in [4.69, 9.17) is 17.4 Å². The van der Waals surface area contributed by atoms with Gasteiger partial charge in [0.25, 0.3) is 0 Å². The van der Waals surface area contributed by atoms with Gasteiger partial charge in [-0.2, -0.15) is 0 Å². The van der Waals surface area contributed by atoms with Crippen LogP contribution in [0.1, 0.15) is 31.9 Å². The molecule has 2 atom stereocenters. The number of rotatable bonds is 4. The van der Waals surface area contributed by atoms with E-state index in [0.29, 0.717) is 10.6 Å². The van der Waals surface area contributed by atoms with Crippen LogP contribution in [-0.2, 0) is 0 Å². The Balaban J connectivity index is 3.05. The topological polar surface area (TPSA) is 38.0 Å². The largest absolute Gasteiger partial charge is 0.271 e. The number of hydrazine groups is 1. The summed E-state index contributed by atoms with van der Waals surface area (Å²) >= 11 is 5.83. The fourth-order valence-electron chi connectivity index (χ4n) is 1.55. The predicted octanol–water partition coefficient (Wildman–Crippen LogP) is 3.03. The van der Waals surface area contributed by atoms with Gasteiger partial charge in [0.15, 0.2) is 0 Å². The lowest BCUT2D eigenvalue weighted by molar-refractivity contribution is 0.371. The van der Waals surface area contributed by atoms with Crippen molar-refractivity contribution < 1.29 is 4.39 Å². The van der Waals surface area contributed by atoms with Crippen molar-refractivity contribution in [3.63, 3.8) is 0 Å². The lowest BCUT2D eigenvalue weighted by atomic mass is 9.93. The molecule has 4 heteroatoms. The van der Waals surface area contributed by atoms with Crippen LogP contribution in [0.3, 0.4) is 0 Å². The summed E-state index contributed by atoms with van der Waals surface area (Å²) in [4.78, 5) is 0. The van der Waals surface area contributed by atoms with Gasteiger partial charge in [0.05, 0.1) is 6.04 Å². The lowest BCUT2D eigenvalue weighted by Gasteiger charge is -2.23. The summed E-state index contributed by atoms with van der Waals surface area (Å²) in [5.41, 5.74) is 3.17. The third-order valence-corrected chi connectivity index (χ3v) is 2.92. The van der Waals surface area contributed by atoms with E-state index in [1.54, 1.807) is 6.07 Å². The van der Waals surface area contributed by atoms with Gasteiger partial charge in [-0.3, -0.25) is 11.3 Å². The van der Waals surface area contributed by atoms with Gasteiger partial charge in [-0.25, -0.2) is 4.39 Å². The molecule has 0 radical (unpaired) electrons. The maximum absolute atomic E-state index is 13.5. The Morgan fingerprint density at radius 1 is 1.53 bits per heavy atom. The zero-order valence-corrected chi connectivity index (χ0v) is 9.68. The molecule has 1 rings (SSSR count). The minimum Gasteiger partial charge on any atom is -0.271 e. The van der Waals surface area contributed by atoms with Gasteiger partial charge in [-0.15, -0.1) is 0 Å². The Morgan fingerprint density at radius 2 is 2.20 bits per heavy atom. The fourth-order valence-corrected chi connectivity index (χ4v) is 1.73. The van der Waals surface area contributed by atoms with Gasteiger partial charge in [-0.1, -0.05) is 31.9 Å².